The summed E-state index contributed by atoms with van der Waals surface area (Å²) in [4.78, 5) is 13.8. The van der Waals surface area contributed by atoms with E-state index < -0.39 is 5.76 Å². The molecule has 0 saturated carbocycles. The van der Waals surface area contributed by atoms with Crippen LogP contribution in [0.1, 0.15) is 32.3 Å². The van der Waals surface area contributed by atoms with E-state index in [-0.39, 0.29) is 17.7 Å². The number of thioether (sulfide) groups is 1. The summed E-state index contributed by atoms with van der Waals surface area (Å²) in [6.45, 7) is 7.43. The first-order valence-electron chi connectivity index (χ1n) is 6.97. The number of nitrogens with zero attached hydrogens (tertiary/aromatic N) is 1. The number of likely N-dealkylation sites (N-methyl/N-ethyl adjacent to an activating group) is 1. The van der Waals surface area contributed by atoms with E-state index in [4.69, 9.17) is 4.42 Å². The van der Waals surface area contributed by atoms with Gasteiger partial charge in [0.25, 0.3) is 5.76 Å². The van der Waals surface area contributed by atoms with Crippen molar-refractivity contribution in [3.05, 3.63) is 23.7 Å². The van der Waals surface area contributed by atoms with Gasteiger partial charge in [-0.2, -0.15) is 8.78 Å². The van der Waals surface area contributed by atoms with Gasteiger partial charge in [-0.1, -0.05) is 11.8 Å². The van der Waals surface area contributed by atoms with Crippen molar-refractivity contribution in [2.45, 2.75) is 44.9 Å². The molecule has 0 aromatic carbocycles. The Bertz CT molecular complexity index is 436. The van der Waals surface area contributed by atoms with Gasteiger partial charge in [0.05, 0.1) is 18.3 Å². The lowest BCUT2D eigenvalue weighted by atomic mass is 10.2. The number of carbonyl (C=O) groups excluding carboxylic acids is 1. The minimum absolute atomic E-state index is 0.0417. The zero-order valence-corrected chi connectivity index (χ0v) is 13.4. The lowest BCUT2D eigenvalue weighted by Gasteiger charge is -2.23. The summed E-state index contributed by atoms with van der Waals surface area (Å²) in [5.74, 6) is -1.06. The van der Waals surface area contributed by atoms with Gasteiger partial charge in [0.15, 0.2) is 0 Å². The summed E-state index contributed by atoms with van der Waals surface area (Å²) in [5, 5.41) is 3.09. The molecule has 1 atom stereocenters. The number of halogens is 2. The SMILES string of the molecule is CCN(CC)C(=O)C(C)NCc1ccc(CSC(F)F)o1. The van der Waals surface area contributed by atoms with E-state index in [2.05, 4.69) is 5.32 Å². The largest absolute Gasteiger partial charge is 0.464 e. The molecule has 1 heterocycles. The second-order valence-electron chi connectivity index (χ2n) is 4.55. The summed E-state index contributed by atoms with van der Waals surface area (Å²) in [5.41, 5.74) is 0. The minimum atomic E-state index is -2.40. The molecule has 1 N–H and O–H groups in total. The molecule has 1 unspecified atom stereocenters. The third-order valence-corrected chi connectivity index (χ3v) is 3.80. The van der Waals surface area contributed by atoms with Gasteiger partial charge in [0.1, 0.15) is 11.5 Å². The van der Waals surface area contributed by atoms with Gasteiger partial charge < -0.3 is 9.32 Å². The van der Waals surface area contributed by atoms with Crippen LogP contribution in [0.25, 0.3) is 0 Å². The Morgan fingerprint density at radius 1 is 1.33 bits per heavy atom. The van der Waals surface area contributed by atoms with E-state index in [1.165, 1.54) is 0 Å². The molecule has 1 rings (SSSR count). The normalized spacial score (nSPS) is 12.7. The van der Waals surface area contributed by atoms with Crippen LogP contribution in [0.5, 0.6) is 0 Å². The molecule has 0 aliphatic carbocycles. The highest BCUT2D eigenvalue weighted by Crippen LogP contribution is 2.21. The van der Waals surface area contributed by atoms with Crippen molar-refractivity contribution in [1.29, 1.82) is 0 Å². The number of rotatable bonds is 9. The monoisotopic (exact) mass is 320 g/mol. The van der Waals surface area contributed by atoms with Crippen LogP contribution in [0.3, 0.4) is 0 Å². The molecule has 0 fully saturated rings. The molecular formula is C14H22F2N2O2S. The Morgan fingerprint density at radius 2 is 1.95 bits per heavy atom. The fourth-order valence-electron chi connectivity index (χ4n) is 1.89. The summed E-state index contributed by atoms with van der Waals surface area (Å²) < 4.78 is 29.6. The van der Waals surface area contributed by atoms with E-state index in [0.717, 1.165) is 0 Å². The highest BCUT2D eigenvalue weighted by Gasteiger charge is 2.17. The lowest BCUT2D eigenvalue weighted by molar-refractivity contribution is -0.132. The molecule has 0 aliphatic rings. The summed E-state index contributed by atoms with van der Waals surface area (Å²) in [6, 6.07) is 3.11. The number of amides is 1. The van der Waals surface area contributed by atoms with Crippen molar-refractivity contribution in [2.75, 3.05) is 13.1 Å². The average molecular weight is 320 g/mol. The molecule has 0 bridgehead atoms. The van der Waals surface area contributed by atoms with Gasteiger partial charge in [-0.3, -0.25) is 10.1 Å². The Hall–Kier alpha value is -1.08. The summed E-state index contributed by atoms with van der Waals surface area (Å²) in [6.07, 6.45) is 0. The van der Waals surface area contributed by atoms with Crippen molar-refractivity contribution < 1.29 is 18.0 Å². The van der Waals surface area contributed by atoms with Crippen LogP contribution in [0, 0.1) is 0 Å². The molecule has 1 aromatic rings. The predicted octanol–water partition coefficient (Wildman–Crippen LogP) is 3.08. The van der Waals surface area contributed by atoms with Gasteiger partial charge in [0, 0.05) is 13.1 Å². The molecule has 0 aliphatic heterocycles. The zero-order valence-electron chi connectivity index (χ0n) is 12.6. The van der Waals surface area contributed by atoms with Gasteiger partial charge in [-0.05, 0) is 32.9 Å². The third-order valence-electron chi connectivity index (χ3n) is 3.10. The van der Waals surface area contributed by atoms with Crippen LogP contribution in [0.15, 0.2) is 16.5 Å². The first-order chi connectivity index (χ1) is 9.97. The molecule has 21 heavy (non-hydrogen) atoms. The molecular weight excluding hydrogens is 298 g/mol. The van der Waals surface area contributed by atoms with Crippen LogP contribution >= 0.6 is 11.8 Å². The number of alkyl halides is 2. The van der Waals surface area contributed by atoms with Crippen molar-refractivity contribution >= 4 is 17.7 Å². The number of nitrogens with one attached hydrogen (secondary N) is 1. The Labute approximate surface area is 128 Å². The topological polar surface area (TPSA) is 45.5 Å². The van der Waals surface area contributed by atoms with E-state index in [1.54, 1.807) is 24.0 Å². The molecule has 1 amide bonds. The lowest BCUT2D eigenvalue weighted by Crippen LogP contribution is -2.44. The Morgan fingerprint density at radius 3 is 2.52 bits per heavy atom. The Kier molecular flexibility index (Phi) is 7.74. The standard InChI is InChI=1S/C14H22F2N2O2S/c1-4-18(5-2)13(19)10(3)17-8-11-6-7-12(20-11)9-21-14(15)16/h6-7,10,14,17H,4-5,8-9H2,1-3H3. The van der Waals surface area contributed by atoms with Gasteiger partial charge in [-0.15, -0.1) is 0 Å². The second kappa shape index (κ2) is 9.04. The number of carbonyl (C=O) groups is 1. The fourth-order valence-corrected chi connectivity index (χ4v) is 2.34. The molecule has 4 nitrogen and oxygen atoms in total. The van der Waals surface area contributed by atoms with Crippen LogP contribution in [-0.4, -0.2) is 35.7 Å². The van der Waals surface area contributed by atoms with Gasteiger partial charge >= 0.3 is 0 Å². The first kappa shape index (κ1) is 18.0. The molecule has 1 aromatic heterocycles. The molecule has 0 saturated heterocycles. The molecule has 7 heteroatoms. The average Bonchev–Trinajstić information content (AvgIpc) is 2.91. The van der Waals surface area contributed by atoms with E-state index in [0.29, 0.717) is 42.9 Å². The molecule has 120 valence electrons. The van der Waals surface area contributed by atoms with Crippen LogP contribution in [0.2, 0.25) is 0 Å². The minimum Gasteiger partial charge on any atom is -0.464 e. The maximum Gasteiger partial charge on any atom is 0.284 e. The molecule has 0 spiro atoms. The number of furan rings is 1. The smallest absolute Gasteiger partial charge is 0.284 e. The highest BCUT2D eigenvalue weighted by atomic mass is 32.2. The third kappa shape index (κ3) is 6.05. The van der Waals surface area contributed by atoms with Crippen molar-refractivity contribution in [1.82, 2.24) is 10.2 Å². The fraction of sp³-hybridized carbons (Fsp3) is 0.643. The molecule has 0 radical (unpaired) electrons. The number of hydrogen-bond acceptors (Lipinski definition) is 4. The zero-order chi connectivity index (χ0) is 15.8. The van der Waals surface area contributed by atoms with Gasteiger partial charge in [-0.25, -0.2) is 0 Å². The van der Waals surface area contributed by atoms with E-state index in [9.17, 15) is 13.6 Å². The first-order valence-corrected chi connectivity index (χ1v) is 8.02. The van der Waals surface area contributed by atoms with E-state index in [1.807, 2.05) is 13.8 Å². The van der Waals surface area contributed by atoms with E-state index >= 15 is 0 Å². The van der Waals surface area contributed by atoms with Gasteiger partial charge in [0.2, 0.25) is 5.91 Å². The number of hydrogen-bond donors (Lipinski definition) is 1. The summed E-state index contributed by atoms with van der Waals surface area (Å²) in [7, 11) is 0. The van der Waals surface area contributed by atoms with Crippen LogP contribution in [-0.2, 0) is 17.1 Å². The van der Waals surface area contributed by atoms with Crippen molar-refractivity contribution in [3.8, 4) is 0 Å². The second-order valence-corrected chi connectivity index (χ2v) is 5.53. The highest BCUT2D eigenvalue weighted by molar-refractivity contribution is 7.98. The van der Waals surface area contributed by atoms with Crippen molar-refractivity contribution in [3.63, 3.8) is 0 Å². The maximum atomic E-state index is 12.1. The summed E-state index contributed by atoms with van der Waals surface area (Å²) >= 11 is 0.529. The van der Waals surface area contributed by atoms with Crippen molar-refractivity contribution in [2.24, 2.45) is 0 Å². The van der Waals surface area contributed by atoms with Crippen LogP contribution in [0.4, 0.5) is 8.78 Å². The predicted molar refractivity (Wildman–Crippen MR) is 80.2 cm³/mol. The quantitative estimate of drug-likeness (QED) is 0.759. The maximum absolute atomic E-state index is 12.1. The Balaban J connectivity index is 2.42. The van der Waals surface area contributed by atoms with Crippen LogP contribution < -0.4 is 5.32 Å².